The summed E-state index contributed by atoms with van der Waals surface area (Å²) in [5.74, 6) is -2.68. The molecule has 1 aromatic rings. The van der Waals surface area contributed by atoms with Gasteiger partial charge >= 0.3 is 12.1 Å². The Kier molecular flexibility index (Phi) is 5.83. The summed E-state index contributed by atoms with van der Waals surface area (Å²) in [6.07, 6.45) is -2.98. The largest absolute Gasteiger partial charge is 0.490 e. The van der Waals surface area contributed by atoms with Crippen molar-refractivity contribution in [3.63, 3.8) is 0 Å². The van der Waals surface area contributed by atoms with Crippen molar-refractivity contribution in [2.45, 2.75) is 44.4 Å². The van der Waals surface area contributed by atoms with Gasteiger partial charge in [0.25, 0.3) is 5.91 Å². The molecule has 2 aliphatic rings. The van der Waals surface area contributed by atoms with E-state index in [1.54, 1.807) is 6.07 Å². The molecule has 3 heterocycles. The van der Waals surface area contributed by atoms with Gasteiger partial charge in [-0.2, -0.15) is 13.2 Å². The van der Waals surface area contributed by atoms with Crippen LogP contribution in [0.25, 0.3) is 0 Å². The lowest BCUT2D eigenvalue weighted by Gasteiger charge is -2.31. The number of carbonyl (C=O) groups excluding carboxylic acids is 2. The average molecular weight is 373 g/mol. The van der Waals surface area contributed by atoms with Gasteiger partial charge in [0.2, 0.25) is 5.91 Å². The van der Waals surface area contributed by atoms with Crippen molar-refractivity contribution < 1.29 is 32.7 Å². The van der Waals surface area contributed by atoms with E-state index in [1.165, 1.54) is 0 Å². The van der Waals surface area contributed by atoms with Crippen LogP contribution in [-0.4, -0.2) is 57.6 Å². The zero-order valence-electron chi connectivity index (χ0n) is 13.9. The van der Waals surface area contributed by atoms with Crippen molar-refractivity contribution in [3.8, 4) is 0 Å². The van der Waals surface area contributed by atoms with E-state index in [2.05, 4.69) is 10.3 Å². The molecule has 10 heteroatoms. The number of carboxylic acids is 1. The number of fused-ring (bicyclic) bond motifs is 1. The number of rotatable bonds is 1. The Hall–Kier alpha value is -2.65. The molecule has 7 nitrogen and oxygen atoms in total. The van der Waals surface area contributed by atoms with E-state index in [-0.39, 0.29) is 23.9 Å². The number of likely N-dealkylation sites (tertiary alicyclic amines) is 1. The first kappa shape index (κ1) is 19.7. The normalized spacial score (nSPS) is 22.0. The third kappa shape index (κ3) is 4.70. The van der Waals surface area contributed by atoms with E-state index in [9.17, 15) is 22.8 Å². The quantitative estimate of drug-likeness (QED) is 0.778. The van der Waals surface area contributed by atoms with Gasteiger partial charge in [0, 0.05) is 18.7 Å². The van der Waals surface area contributed by atoms with Crippen molar-refractivity contribution in [2.75, 3.05) is 6.54 Å². The van der Waals surface area contributed by atoms with E-state index >= 15 is 0 Å². The number of nitrogens with zero attached hydrogens (tertiary/aromatic N) is 2. The van der Waals surface area contributed by atoms with Gasteiger partial charge in [0.1, 0.15) is 5.69 Å². The molecule has 0 saturated carbocycles. The third-order valence-corrected chi connectivity index (χ3v) is 4.17. The third-order valence-electron chi connectivity index (χ3n) is 4.17. The van der Waals surface area contributed by atoms with E-state index in [0.29, 0.717) is 18.7 Å². The van der Waals surface area contributed by atoms with Gasteiger partial charge in [0.05, 0.1) is 12.1 Å². The second-order valence-electron chi connectivity index (χ2n) is 6.03. The number of aryl methyl sites for hydroxylation is 1. The smallest absolute Gasteiger partial charge is 0.475 e. The van der Waals surface area contributed by atoms with E-state index < -0.39 is 12.1 Å². The van der Waals surface area contributed by atoms with Crippen molar-refractivity contribution in [3.05, 3.63) is 29.6 Å². The molecular formula is C16H18F3N3O4. The molecule has 2 atom stereocenters. The Morgan fingerprint density at radius 2 is 1.96 bits per heavy atom. The Labute approximate surface area is 147 Å². The topological polar surface area (TPSA) is 99.6 Å². The minimum Gasteiger partial charge on any atom is -0.475 e. The highest BCUT2D eigenvalue weighted by molar-refractivity contribution is 5.93. The molecule has 2 N–H and O–H groups in total. The molecule has 142 valence electrons. The van der Waals surface area contributed by atoms with Crippen molar-refractivity contribution >= 4 is 17.8 Å². The molecule has 1 aromatic heterocycles. The monoisotopic (exact) mass is 373 g/mol. The molecule has 26 heavy (non-hydrogen) atoms. The van der Waals surface area contributed by atoms with Gasteiger partial charge in [-0.15, -0.1) is 0 Å². The van der Waals surface area contributed by atoms with Gasteiger partial charge in [-0.25, -0.2) is 9.78 Å². The van der Waals surface area contributed by atoms with E-state index in [4.69, 9.17) is 9.90 Å². The summed E-state index contributed by atoms with van der Waals surface area (Å²) in [4.78, 5) is 38.9. The Morgan fingerprint density at radius 1 is 1.31 bits per heavy atom. The number of carboxylic acid groups (broad SMARTS) is 1. The van der Waals surface area contributed by atoms with Crippen LogP contribution in [0.15, 0.2) is 18.2 Å². The molecule has 2 aliphatic heterocycles. The van der Waals surface area contributed by atoms with Crippen LogP contribution in [0.2, 0.25) is 0 Å². The van der Waals surface area contributed by atoms with Gasteiger partial charge in [-0.05, 0) is 31.9 Å². The number of pyridine rings is 1. The van der Waals surface area contributed by atoms with Crippen LogP contribution in [0.4, 0.5) is 13.2 Å². The van der Waals surface area contributed by atoms with Crippen LogP contribution in [0.1, 0.15) is 35.4 Å². The maximum atomic E-state index is 12.5. The molecule has 0 spiro atoms. The van der Waals surface area contributed by atoms with Crippen LogP contribution >= 0.6 is 0 Å². The van der Waals surface area contributed by atoms with E-state index in [0.717, 1.165) is 18.5 Å². The molecule has 0 unspecified atom stereocenters. The second kappa shape index (κ2) is 7.71. The van der Waals surface area contributed by atoms with Crippen LogP contribution in [0.5, 0.6) is 0 Å². The Morgan fingerprint density at radius 3 is 2.54 bits per heavy atom. The Bertz CT molecular complexity index is 708. The average Bonchev–Trinajstić information content (AvgIpc) is 2.96. The number of hydrogen-bond acceptors (Lipinski definition) is 4. The Balaban J connectivity index is 0.000000298. The number of aromatic nitrogens is 1. The molecule has 0 aromatic carbocycles. The summed E-state index contributed by atoms with van der Waals surface area (Å²) in [6, 6.07) is 5.74. The molecule has 2 saturated heterocycles. The lowest BCUT2D eigenvalue weighted by molar-refractivity contribution is -0.192. The molecule has 0 bridgehead atoms. The van der Waals surface area contributed by atoms with Gasteiger partial charge < -0.3 is 15.3 Å². The molecule has 3 rings (SSSR count). The van der Waals surface area contributed by atoms with Crippen molar-refractivity contribution in [1.29, 1.82) is 0 Å². The van der Waals surface area contributed by atoms with Crippen LogP contribution in [0, 0.1) is 6.92 Å². The molecule has 0 aliphatic carbocycles. The van der Waals surface area contributed by atoms with Crippen molar-refractivity contribution in [1.82, 2.24) is 15.2 Å². The fourth-order valence-corrected chi connectivity index (χ4v) is 3.00. The highest BCUT2D eigenvalue weighted by Gasteiger charge is 2.41. The minimum absolute atomic E-state index is 0.0210. The number of carbonyl (C=O) groups is 3. The first-order chi connectivity index (χ1) is 12.1. The summed E-state index contributed by atoms with van der Waals surface area (Å²) in [5, 5.41) is 10.1. The number of halogens is 3. The lowest BCUT2D eigenvalue weighted by Crippen LogP contribution is -2.50. The maximum absolute atomic E-state index is 12.5. The predicted molar refractivity (Wildman–Crippen MR) is 83.3 cm³/mol. The van der Waals surface area contributed by atoms with Gasteiger partial charge in [0.15, 0.2) is 0 Å². The SMILES string of the molecule is Cc1cccc(C(=O)N2CC[C@H]3NC(=O)CC[C@@H]32)n1.O=C(O)C(F)(F)F. The summed E-state index contributed by atoms with van der Waals surface area (Å²) in [5.41, 5.74) is 1.34. The molecule has 2 amide bonds. The number of hydrogen-bond donors (Lipinski definition) is 2. The molecule has 0 radical (unpaired) electrons. The summed E-state index contributed by atoms with van der Waals surface area (Å²) < 4.78 is 31.7. The summed E-state index contributed by atoms with van der Waals surface area (Å²) in [7, 11) is 0. The maximum Gasteiger partial charge on any atom is 0.490 e. The highest BCUT2D eigenvalue weighted by Crippen LogP contribution is 2.26. The van der Waals surface area contributed by atoms with Crippen LogP contribution in [0.3, 0.4) is 0 Å². The van der Waals surface area contributed by atoms with Gasteiger partial charge in [-0.1, -0.05) is 6.07 Å². The second-order valence-corrected chi connectivity index (χ2v) is 6.03. The zero-order chi connectivity index (χ0) is 19.5. The first-order valence-electron chi connectivity index (χ1n) is 7.93. The zero-order valence-corrected chi connectivity index (χ0v) is 13.9. The first-order valence-corrected chi connectivity index (χ1v) is 7.93. The van der Waals surface area contributed by atoms with Gasteiger partial charge in [-0.3, -0.25) is 9.59 Å². The highest BCUT2D eigenvalue weighted by atomic mass is 19.4. The van der Waals surface area contributed by atoms with E-state index in [1.807, 2.05) is 24.0 Å². The fraction of sp³-hybridized carbons (Fsp3) is 0.500. The predicted octanol–water partition coefficient (Wildman–Crippen LogP) is 1.52. The number of nitrogens with one attached hydrogen (secondary N) is 1. The summed E-state index contributed by atoms with van der Waals surface area (Å²) in [6.45, 7) is 2.58. The fourth-order valence-electron chi connectivity index (χ4n) is 3.00. The summed E-state index contributed by atoms with van der Waals surface area (Å²) >= 11 is 0. The standard InChI is InChI=1S/C14H17N3O2.C2HF3O2/c1-9-3-2-4-11(15-9)14(19)17-8-7-10-12(17)5-6-13(18)16-10;3-2(4,5)1(6)7/h2-4,10,12H,5-8H2,1H3,(H,16,18);(H,6,7)/t10-,12+;/m1./s1. The van der Waals surface area contributed by atoms with Crippen molar-refractivity contribution in [2.24, 2.45) is 0 Å². The molecule has 2 fully saturated rings. The van der Waals surface area contributed by atoms with Crippen LogP contribution in [-0.2, 0) is 9.59 Å². The number of aliphatic carboxylic acids is 1. The number of alkyl halides is 3. The molecular weight excluding hydrogens is 355 g/mol. The lowest BCUT2D eigenvalue weighted by atomic mass is 9.99. The number of amides is 2. The number of piperidine rings is 1. The van der Waals surface area contributed by atoms with Crippen LogP contribution < -0.4 is 5.32 Å². The minimum atomic E-state index is -5.08.